The standard InChI is InChI=1S/C20H26O/c1-13-7-4-5-8-16(11-13)18-10-6-9-17-15(3)19(21)12-14(2)20(17)18/h6,9-10,14-16H,1,4-5,7-8,11-12H2,2-3H3. The summed E-state index contributed by atoms with van der Waals surface area (Å²) in [6.07, 6.45) is 6.88. The van der Waals surface area contributed by atoms with Crippen molar-refractivity contribution < 1.29 is 4.79 Å². The van der Waals surface area contributed by atoms with Gasteiger partial charge in [-0.2, -0.15) is 0 Å². The fraction of sp³-hybridized carbons (Fsp3) is 0.550. The van der Waals surface area contributed by atoms with Crippen LogP contribution in [0.4, 0.5) is 0 Å². The van der Waals surface area contributed by atoms with Crippen molar-refractivity contribution in [1.82, 2.24) is 0 Å². The summed E-state index contributed by atoms with van der Waals surface area (Å²) in [5.41, 5.74) is 5.67. The van der Waals surface area contributed by atoms with E-state index in [1.54, 1.807) is 0 Å². The Morgan fingerprint density at radius 3 is 2.67 bits per heavy atom. The van der Waals surface area contributed by atoms with Crippen LogP contribution in [-0.4, -0.2) is 5.78 Å². The molecule has 0 heterocycles. The van der Waals surface area contributed by atoms with Crippen molar-refractivity contribution >= 4 is 5.78 Å². The van der Waals surface area contributed by atoms with Gasteiger partial charge in [0.05, 0.1) is 0 Å². The number of fused-ring (bicyclic) bond motifs is 1. The Kier molecular flexibility index (Phi) is 4.01. The van der Waals surface area contributed by atoms with Gasteiger partial charge in [-0.1, -0.05) is 50.6 Å². The van der Waals surface area contributed by atoms with Crippen LogP contribution in [0, 0.1) is 0 Å². The van der Waals surface area contributed by atoms with Crippen molar-refractivity contribution in [2.45, 2.75) is 70.1 Å². The smallest absolute Gasteiger partial charge is 0.140 e. The maximum atomic E-state index is 12.1. The molecule has 1 aromatic rings. The Hall–Kier alpha value is -1.37. The number of allylic oxidation sites excluding steroid dienone is 1. The van der Waals surface area contributed by atoms with Gasteiger partial charge in [0, 0.05) is 12.3 Å². The zero-order valence-corrected chi connectivity index (χ0v) is 13.3. The van der Waals surface area contributed by atoms with Gasteiger partial charge in [0.15, 0.2) is 0 Å². The van der Waals surface area contributed by atoms with Crippen LogP contribution < -0.4 is 0 Å². The van der Waals surface area contributed by atoms with Crippen LogP contribution in [0.1, 0.15) is 86.8 Å². The molecule has 1 fully saturated rings. The van der Waals surface area contributed by atoms with Crippen LogP contribution in [0.2, 0.25) is 0 Å². The topological polar surface area (TPSA) is 17.1 Å². The normalized spacial score (nSPS) is 29.9. The Bertz CT molecular complexity index is 569. The minimum absolute atomic E-state index is 0.0742. The van der Waals surface area contributed by atoms with Crippen molar-refractivity contribution in [3.05, 3.63) is 47.0 Å². The quantitative estimate of drug-likeness (QED) is 0.493. The number of Topliss-reactive ketones (excluding diaryl/α,β-unsaturated/α-hetero) is 1. The van der Waals surface area contributed by atoms with Gasteiger partial charge in [-0.15, -0.1) is 0 Å². The number of rotatable bonds is 1. The monoisotopic (exact) mass is 282 g/mol. The Balaban J connectivity index is 2.04. The van der Waals surface area contributed by atoms with E-state index in [9.17, 15) is 4.79 Å². The van der Waals surface area contributed by atoms with E-state index >= 15 is 0 Å². The Labute approximate surface area is 128 Å². The van der Waals surface area contributed by atoms with E-state index in [1.165, 1.54) is 47.9 Å². The lowest BCUT2D eigenvalue weighted by atomic mass is 9.72. The molecule has 0 saturated heterocycles. The number of hydrogen-bond acceptors (Lipinski definition) is 1. The molecule has 0 aromatic heterocycles. The molecule has 1 nitrogen and oxygen atoms in total. The van der Waals surface area contributed by atoms with Crippen LogP contribution in [0.25, 0.3) is 0 Å². The van der Waals surface area contributed by atoms with Crippen LogP contribution in [0.3, 0.4) is 0 Å². The second-order valence-corrected chi connectivity index (χ2v) is 7.04. The first-order chi connectivity index (χ1) is 10.1. The van der Waals surface area contributed by atoms with Gasteiger partial charge >= 0.3 is 0 Å². The number of carbonyl (C=O) groups is 1. The molecule has 0 bridgehead atoms. The molecule has 2 aliphatic carbocycles. The zero-order valence-electron chi connectivity index (χ0n) is 13.3. The third kappa shape index (κ3) is 2.71. The third-order valence-corrected chi connectivity index (χ3v) is 5.43. The maximum Gasteiger partial charge on any atom is 0.140 e. The molecule has 3 rings (SSSR count). The van der Waals surface area contributed by atoms with Gasteiger partial charge in [0.1, 0.15) is 5.78 Å². The van der Waals surface area contributed by atoms with Crippen molar-refractivity contribution in [3.63, 3.8) is 0 Å². The number of hydrogen-bond donors (Lipinski definition) is 0. The highest BCUT2D eigenvalue weighted by molar-refractivity contribution is 5.88. The highest BCUT2D eigenvalue weighted by atomic mass is 16.1. The predicted molar refractivity (Wildman–Crippen MR) is 87.9 cm³/mol. The third-order valence-electron chi connectivity index (χ3n) is 5.43. The van der Waals surface area contributed by atoms with Crippen molar-refractivity contribution in [1.29, 1.82) is 0 Å². The molecule has 3 unspecified atom stereocenters. The second-order valence-electron chi connectivity index (χ2n) is 7.04. The van der Waals surface area contributed by atoms with Crippen LogP contribution in [0.5, 0.6) is 0 Å². The summed E-state index contributed by atoms with van der Waals surface area (Å²) in [6.45, 7) is 8.55. The van der Waals surface area contributed by atoms with Gasteiger partial charge in [-0.3, -0.25) is 4.79 Å². The molecule has 0 N–H and O–H groups in total. The summed E-state index contributed by atoms with van der Waals surface area (Å²) in [5, 5.41) is 0. The first-order valence-corrected chi connectivity index (χ1v) is 8.40. The lowest BCUT2D eigenvalue weighted by molar-refractivity contribution is -0.120. The van der Waals surface area contributed by atoms with Crippen molar-refractivity contribution in [2.24, 2.45) is 0 Å². The molecule has 1 saturated carbocycles. The minimum atomic E-state index is 0.0742. The first kappa shape index (κ1) is 14.6. The van der Waals surface area contributed by atoms with Gasteiger partial charge in [-0.05, 0) is 54.2 Å². The number of ketones is 1. The lowest BCUT2D eigenvalue weighted by Gasteiger charge is -2.31. The molecular formula is C20H26O. The van der Waals surface area contributed by atoms with Crippen LogP contribution in [0.15, 0.2) is 30.4 Å². The molecule has 2 aliphatic rings. The van der Waals surface area contributed by atoms with E-state index in [1.807, 2.05) is 0 Å². The average molecular weight is 282 g/mol. The molecule has 0 aliphatic heterocycles. The highest BCUT2D eigenvalue weighted by Gasteiger charge is 2.32. The summed E-state index contributed by atoms with van der Waals surface area (Å²) in [7, 11) is 0. The molecule has 21 heavy (non-hydrogen) atoms. The molecular weight excluding hydrogens is 256 g/mol. The Morgan fingerprint density at radius 1 is 1.10 bits per heavy atom. The molecule has 0 amide bonds. The average Bonchev–Trinajstić information content (AvgIpc) is 2.68. The number of benzene rings is 1. The van der Waals surface area contributed by atoms with Gasteiger partial charge in [-0.25, -0.2) is 0 Å². The van der Waals surface area contributed by atoms with E-state index in [0.29, 0.717) is 24.0 Å². The van der Waals surface area contributed by atoms with Gasteiger partial charge in [0.25, 0.3) is 0 Å². The zero-order chi connectivity index (χ0) is 15.0. The van der Waals surface area contributed by atoms with E-state index in [-0.39, 0.29) is 5.92 Å². The van der Waals surface area contributed by atoms with Crippen LogP contribution in [-0.2, 0) is 4.79 Å². The fourth-order valence-corrected chi connectivity index (χ4v) is 4.24. The molecule has 112 valence electrons. The number of carbonyl (C=O) groups excluding carboxylic acids is 1. The second kappa shape index (κ2) is 5.79. The van der Waals surface area contributed by atoms with E-state index in [2.05, 4.69) is 38.6 Å². The maximum absolute atomic E-state index is 12.1. The summed E-state index contributed by atoms with van der Waals surface area (Å²) < 4.78 is 0. The summed E-state index contributed by atoms with van der Waals surface area (Å²) in [5.74, 6) is 1.46. The van der Waals surface area contributed by atoms with Crippen molar-refractivity contribution in [3.8, 4) is 0 Å². The van der Waals surface area contributed by atoms with Crippen LogP contribution >= 0.6 is 0 Å². The molecule has 0 radical (unpaired) electrons. The first-order valence-electron chi connectivity index (χ1n) is 8.40. The van der Waals surface area contributed by atoms with Gasteiger partial charge in [0.2, 0.25) is 0 Å². The molecule has 0 spiro atoms. The summed E-state index contributed by atoms with van der Waals surface area (Å²) in [4.78, 5) is 12.1. The largest absolute Gasteiger partial charge is 0.299 e. The lowest BCUT2D eigenvalue weighted by Crippen LogP contribution is -2.22. The van der Waals surface area contributed by atoms with E-state index in [0.717, 1.165) is 6.42 Å². The van der Waals surface area contributed by atoms with Gasteiger partial charge < -0.3 is 0 Å². The SMILES string of the molecule is C=C1CCCCC(c2cccc3c2C(C)CC(=O)C3C)C1. The summed E-state index contributed by atoms with van der Waals surface area (Å²) >= 11 is 0. The predicted octanol–water partition coefficient (Wildman–Crippen LogP) is 5.47. The molecule has 3 atom stereocenters. The van der Waals surface area contributed by atoms with E-state index in [4.69, 9.17) is 0 Å². The molecule has 1 aromatic carbocycles. The van der Waals surface area contributed by atoms with E-state index < -0.39 is 0 Å². The highest BCUT2D eigenvalue weighted by Crippen LogP contribution is 2.43. The Morgan fingerprint density at radius 2 is 1.86 bits per heavy atom. The summed E-state index contributed by atoms with van der Waals surface area (Å²) in [6, 6.07) is 6.63. The fourth-order valence-electron chi connectivity index (χ4n) is 4.24. The molecule has 1 heteroatoms. The minimum Gasteiger partial charge on any atom is -0.299 e. The van der Waals surface area contributed by atoms with Crippen molar-refractivity contribution in [2.75, 3.05) is 0 Å².